The van der Waals surface area contributed by atoms with E-state index in [1.54, 1.807) is 30.3 Å². The van der Waals surface area contributed by atoms with Gasteiger partial charge in [-0.1, -0.05) is 42.1 Å². The van der Waals surface area contributed by atoms with Gasteiger partial charge >= 0.3 is 11.8 Å². The topological polar surface area (TPSA) is 17.1 Å². The highest BCUT2D eigenvalue weighted by Crippen LogP contribution is 2.37. The van der Waals surface area contributed by atoms with Crippen molar-refractivity contribution >= 4 is 16.9 Å². The second-order valence-electron chi connectivity index (χ2n) is 3.84. The predicted octanol–water partition coefficient (Wildman–Crippen LogP) is 4.24. The molecule has 0 aliphatic heterocycles. The number of carbonyl (C=O) groups excluding carboxylic acids is 1. The summed E-state index contributed by atoms with van der Waals surface area (Å²) in [7, 11) is 0. The molecule has 0 spiro atoms. The largest absolute Gasteiger partial charge is 0.310 e. The first-order valence-electron chi connectivity index (χ1n) is 5.22. The zero-order valence-electron chi connectivity index (χ0n) is 9.63. The fraction of sp³-hybridized carbons (Fsp3) is 0.417. The van der Waals surface area contributed by atoms with Crippen molar-refractivity contribution in [3.05, 3.63) is 35.9 Å². The van der Waals surface area contributed by atoms with Gasteiger partial charge in [-0.05, 0) is 0 Å². The molecule has 0 heterocycles. The summed E-state index contributed by atoms with van der Waals surface area (Å²) in [5.74, 6) is -8.50. The average Bonchev–Trinajstić information content (AvgIpc) is 2.28. The van der Waals surface area contributed by atoms with E-state index in [1.165, 1.54) is 0 Å². The third-order valence-electron chi connectivity index (χ3n) is 2.30. The number of hydrogen-bond donors (Lipinski definition) is 0. The number of thioether (sulfide) groups is 1. The first-order chi connectivity index (χ1) is 8.24. The van der Waals surface area contributed by atoms with E-state index < -0.39 is 23.4 Å². The summed E-state index contributed by atoms with van der Waals surface area (Å²) in [6.45, 7) is 0.177. The Morgan fingerprint density at radius 2 is 1.72 bits per heavy atom. The summed E-state index contributed by atoms with van der Waals surface area (Å²) in [5, 5.41) is -0.397. The van der Waals surface area contributed by atoms with E-state index in [9.17, 15) is 22.4 Å². The minimum atomic E-state index is -4.09. The molecular formula is C12H12F4OS. The van der Waals surface area contributed by atoms with Gasteiger partial charge in [0.1, 0.15) is 0 Å². The van der Waals surface area contributed by atoms with E-state index in [4.69, 9.17) is 0 Å². The number of carbonyl (C=O) groups is 1. The number of alkyl halides is 4. The maximum atomic E-state index is 12.9. The van der Waals surface area contributed by atoms with Gasteiger partial charge in [-0.25, -0.2) is 8.78 Å². The number of benzene rings is 1. The van der Waals surface area contributed by atoms with E-state index in [0.717, 1.165) is 0 Å². The molecule has 0 radical (unpaired) electrons. The Morgan fingerprint density at radius 1 is 1.17 bits per heavy atom. The van der Waals surface area contributed by atoms with Crippen molar-refractivity contribution in [1.29, 1.82) is 0 Å². The lowest BCUT2D eigenvalue weighted by Gasteiger charge is -2.22. The van der Waals surface area contributed by atoms with Crippen LogP contribution < -0.4 is 0 Å². The van der Waals surface area contributed by atoms with Crippen LogP contribution in [0.2, 0.25) is 0 Å². The highest BCUT2D eigenvalue weighted by Gasteiger charge is 2.51. The van der Waals surface area contributed by atoms with E-state index in [1.807, 2.05) is 0 Å². The van der Waals surface area contributed by atoms with E-state index >= 15 is 0 Å². The van der Waals surface area contributed by atoms with Gasteiger partial charge in [0.05, 0.1) is 0 Å². The molecule has 0 atom stereocenters. The normalized spacial score (nSPS) is 12.5. The van der Waals surface area contributed by atoms with Crippen LogP contribution in [0.4, 0.5) is 17.6 Å². The van der Waals surface area contributed by atoms with E-state index in [0.29, 0.717) is 17.3 Å². The SMILES string of the molecule is CC(F)(F)C(F)(F)CCSC(=O)c1ccccc1. The summed E-state index contributed by atoms with van der Waals surface area (Å²) >= 11 is 0.620. The van der Waals surface area contributed by atoms with Gasteiger partial charge in [0.2, 0.25) is 5.12 Å². The van der Waals surface area contributed by atoms with Gasteiger partial charge in [-0.2, -0.15) is 8.78 Å². The molecule has 1 aromatic rings. The molecule has 0 aliphatic rings. The maximum Gasteiger partial charge on any atom is 0.310 e. The number of rotatable bonds is 5. The Labute approximate surface area is 107 Å². The highest BCUT2D eigenvalue weighted by atomic mass is 32.2. The first-order valence-corrected chi connectivity index (χ1v) is 6.20. The molecule has 0 N–H and O–H groups in total. The molecule has 0 fully saturated rings. The summed E-state index contributed by atoms with van der Waals surface area (Å²) in [5.41, 5.74) is 0.370. The van der Waals surface area contributed by atoms with Gasteiger partial charge in [-0.3, -0.25) is 4.79 Å². The third-order valence-corrected chi connectivity index (χ3v) is 3.21. The van der Waals surface area contributed by atoms with Crippen molar-refractivity contribution in [2.75, 3.05) is 5.75 Å². The van der Waals surface area contributed by atoms with Crippen LogP contribution in [0.3, 0.4) is 0 Å². The fourth-order valence-electron chi connectivity index (χ4n) is 1.15. The monoisotopic (exact) mass is 280 g/mol. The molecule has 0 amide bonds. The zero-order chi connectivity index (χ0) is 13.8. The molecule has 1 aromatic carbocycles. The van der Waals surface area contributed by atoms with Crippen molar-refractivity contribution in [3.63, 3.8) is 0 Å². The lowest BCUT2D eigenvalue weighted by molar-refractivity contribution is -0.197. The number of halogens is 4. The zero-order valence-corrected chi connectivity index (χ0v) is 10.4. The lowest BCUT2D eigenvalue weighted by Crippen LogP contribution is -2.38. The number of hydrogen-bond acceptors (Lipinski definition) is 2. The molecular weight excluding hydrogens is 268 g/mol. The Hall–Kier alpha value is -1.04. The smallest absolute Gasteiger partial charge is 0.282 e. The molecule has 18 heavy (non-hydrogen) atoms. The minimum absolute atomic E-state index is 0.177. The molecule has 0 aliphatic carbocycles. The summed E-state index contributed by atoms with van der Waals surface area (Å²) in [6, 6.07) is 8.09. The van der Waals surface area contributed by atoms with Crippen LogP contribution in [0.15, 0.2) is 30.3 Å². The van der Waals surface area contributed by atoms with Crippen molar-refractivity contribution < 1.29 is 22.4 Å². The van der Waals surface area contributed by atoms with Gasteiger partial charge in [0, 0.05) is 24.7 Å². The van der Waals surface area contributed by atoms with Crippen molar-refractivity contribution in [3.8, 4) is 0 Å². The summed E-state index contributed by atoms with van der Waals surface area (Å²) in [6.07, 6.45) is -1.03. The van der Waals surface area contributed by atoms with Crippen LogP contribution in [-0.2, 0) is 0 Å². The Morgan fingerprint density at radius 3 is 2.22 bits per heavy atom. The van der Waals surface area contributed by atoms with Crippen LogP contribution in [0.25, 0.3) is 0 Å². The van der Waals surface area contributed by atoms with Crippen molar-refractivity contribution in [2.24, 2.45) is 0 Å². The molecule has 6 heteroatoms. The molecule has 1 nitrogen and oxygen atoms in total. The van der Waals surface area contributed by atoms with Crippen LogP contribution in [0.5, 0.6) is 0 Å². The summed E-state index contributed by atoms with van der Waals surface area (Å²) in [4.78, 5) is 11.5. The molecule has 0 aromatic heterocycles. The Bertz CT molecular complexity index is 400. The average molecular weight is 280 g/mol. The molecule has 100 valence electrons. The maximum absolute atomic E-state index is 12.9. The second kappa shape index (κ2) is 5.73. The van der Waals surface area contributed by atoms with Gasteiger partial charge in [0.25, 0.3) is 0 Å². The molecule has 0 saturated heterocycles. The Balaban J connectivity index is 2.46. The quantitative estimate of drug-likeness (QED) is 0.750. The molecule has 1 rings (SSSR count). The predicted molar refractivity (Wildman–Crippen MR) is 63.4 cm³/mol. The van der Waals surface area contributed by atoms with Crippen LogP contribution >= 0.6 is 11.8 Å². The standard InChI is InChI=1S/C12H12F4OS/c1-11(13,14)12(15,16)7-8-18-10(17)9-5-3-2-4-6-9/h2-6H,7-8H2,1H3. The second-order valence-corrected chi connectivity index (χ2v) is 4.91. The van der Waals surface area contributed by atoms with Crippen LogP contribution in [-0.4, -0.2) is 22.7 Å². The van der Waals surface area contributed by atoms with E-state index in [-0.39, 0.29) is 12.7 Å². The van der Waals surface area contributed by atoms with Crippen molar-refractivity contribution in [2.45, 2.75) is 25.2 Å². The lowest BCUT2D eigenvalue weighted by atomic mass is 10.1. The third kappa shape index (κ3) is 4.01. The van der Waals surface area contributed by atoms with E-state index in [2.05, 4.69) is 0 Å². The summed E-state index contributed by atoms with van der Waals surface area (Å²) < 4.78 is 50.8. The van der Waals surface area contributed by atoms with Crippen LogP contribution in [0.1, 0.15) is 23.7 Å². The molecule has 0 unspecified atom stereocenters. The Kier molecular flexibility index (Phi) is 4.78. The molecule has 0 saturated carbocycles. The van der Waals surface area contributed by atoms with Gasteiger partial charge in [-0.15, -0.1) is 0 Å². The van der Waals surface area contributed by atoms with Crippen molar-refractivity contribution in [1.82, 2.24) is 0 Å². The van der Waals surface area contributed by atoms with Gasteiger partial charge in [0.15, 0.2) is 0 Å². The van der Waals surface area contributed by atoms with Gasteiger partial charge < -0.3 is 0 Å². The fourth-order valence-corrected chi connectivity index (χ4v) is 2.00. The minimum Gasteiger partial charge on any atom is -0.282 e. The highest BCUT2D eigenvalue weighted by molar-refractivity contribution is 8.14. The first kappa shape index (κ1) is 15.0. The van der Waals surface area contributed by atoms with Crippen LogP contribution in [0, 0.1) is 0 Å². The molecule has 0 bridgehead atoms.